The molecule has 0 aliphatic heterocycles. The summed E-state index contributed by atoms with van der Waals surface area (Å²) in [6.45, 7) is 4.10. The molecule has 0 atom stereocenters. The predicted octanol–water partition coefficient (Wildman–Crippen LogP) is 2.76. The molecular weight excluding hydrogens is 236 g/mol. The number of imidazole rings is 1. The normalized spacial score (nSPS) is 10.5. The Balaban J connectivity index is 1.84. The summed E-state index contributed by atoms with van der Waals surface area (Å²) in [5.74, 6) is 0. The zero-order chi connectivity index (χ0) is 13.7. The first-order chi connectivity index (χ1) is 9.16. The van der Waals surface area contributed by atoms with Gasteiger partial charge in [-0.25, -0.2) is 4.98 Å². The van der Waals surface area contributed by atoms with Crippen molar-refractivity contribution in [1.82, 2.24) is 9.55 Å². The lowest BCUT2D eigenvalue weighted by atomic mass is 10.1. The van der Waals surface area contributed by atoms with E-state index in [-0.39, 0.29) is 0 Å². The lowest BCUT2D eigenvalue weighted by Gasteiger charge is -2.17. The van der Waals surface area contributed by atoms with Gasteiger partial charge in [-0.1, -0.05) is 6.07 Å². The zero-order valence-electron chi connectivity index (χ0n) is 11.9. The monoisotopic (exact) mass is 258 g/mol. The Morgan fingerprint density at radius 3 is 2.84 bits per heavy atom. The highest BCUT2D eigenvalue weighted by molar-refractivity contribution is 5.61. The van der Waals surface area contributed by atoms with E-state index in [0.717, 1.165) is 19.5 Å². The molecule has 0 fully saturated rings. The minimum absolute atomic E-state index is 0.966. The molecule has 19 heavy (non-hydrogen) atoms. The van der Waals surface area contributed by atoms with Gasteiger partial charge in [-0.15, -0.1) is 0 Å². The van der Waals surface area contributed by atoms with Gasteiger partial charge in [0.25, 0.3) is 0 Å². The largest absolute Gasteiger partial charge is 0.385 e. The fourth-order valence-electron chi connectivity index (χ4n) is 2.11. The van der Waals surface area contributed by atoms with Crippen molar-refractivity contribution in [2.24, 2.45) is 0 Å². The van der Waals surface area contributed by atoms with Crippen LogP contribution in [0.4, 0.5) is 11.4 Å². The van der Waals surface area contributed by atoms with Gasteiger partial charge in [-0.05, 0) is 31.0 Å². The maximum atomic E-state index is 4.04. The van der Waals surface area contributed by atoms with E-state index in [1.807, 2.05) is 18.7 Å². The summed E-state index contributed by atoms with van der Waals surface area (Å²) in [5, 5.41) is 3.47. The Labute approximate surface area is 115 Å². The topological polar surface area (TPSA) is 33.1 Å². The van der Waals surface area contributed by atoms with Gasteiger partial charge in [-0.2, -0.15) is 0 Å². The number of hydrogen-bond acceptors (Lipinski definition) is 3. The molecule has 0 aliphatic carbocycles. The Morgan fingerprint density at radius 2 is 2.16 bits per heavy atom. The van der Waals surface area contributed by atoms with Crippen LogP contribution in [-0.4, -0.2) is 30.2 Å². The number of rotatable bonds is 6. The van der Waals surface area contributed by atoms with Gasteiger partial charge >= 0.3 is 0 Å². The highest BCUT2D eigenvalue weighted by Gasteiger charge is 2.01. The molecule has 0 spiro atoms. The second-order valence-corrected chi connectivity index (χ2v) is 4.98. The fraction of sp³-hybridized carbons (Fsp3) is 0.400. The Hall–Kier alpha value is -1.97. The third kappa shape index (κ3) is 3.74. The van der Waals surface area contributed by atoms with E-state index in [1.54, 1.807) is 0 Å². The highest BCUT2D eigenvalue weighted by atomic mass is 15.1. The van der Waals surface area contributed by atoms with E-state index in [2.05, 4.69) is 59.0 Å². The van der Waals surface area contributed by atoms with E-state index < -0.39 is 0 Å². The van der Waals surface area contributed by atoms with Crippen molar-refractivity contribution >= 4 is 11.4 Å². The number of aryl methyl sites for hydroxylation is 2. The number of hydrogen-bond donors (Lipinski definition) is 1. The molecule has 1 heterocycles. The van der Waals surface area contributed by atoms with Crippen LogP contribution in [0.3, 0.4) is 0 Å². The lowest BCUT2D eigenvalue weighted by molar-refractivity contribution is 0.661. The molecule has 1 aromatic heterocycles. The van der Waals surface area contributed by atoms with Crippen LogP contribution in [-0.2, 0) is 6.54 Å². The lowest BCUT2D eigenvalue weighted by Crippen LogP contribution is -2.11. The molecule has 0 bridgehead atoms. The molecule has 0 amide bonds. The van der Waals surface area contributed by atoms with Crippen LogP contribution in [0.1, 0.15) is 12.0 Å². The van der Waals surface area contributed by atoms with Crippen molar-refractivity contribution in [3.63, 3.8) is 0 Å². The van der Waals surface area contributed by atoms with Gasteiger partial charge in [0, 0.05) is 51.0 Å². The summed E-state index contributed by atoms with van der Waals surface area (Å²) in [4.78, 5) is 6.18. The molecule has 0 aliphatic rings. The van der Waals surface area contributed by atoms with Crippen LogP contribution in [0.5, 0.6) is 0 Å². The molecular formula is C15H22N4. The van der Waals surface area contributed by atoms with Crippen LogP contribution < -0.4 is 10.2 Å². The summed E-state index contributed by atoms with van der Waals surface area (Å²) in [6, 6.07) is 6.50. The van der Waals surface area contributed by atoms with Crippen LogP contribution in [0.2, 0.25) is 0 Å². The van der Waals surface area contributed by atoms with Crippen molar-refractivity contribution < 1.29 is 0 Å². The maximum Gasteiger partial charge on any atom is 0.0945 e. The van der Waals surface area contributed by atoms with Gasteiger partial charge in [-0.3, -0.25) is 0 Å². The molecule has 4 nitrogen and oxygen atoms in total. The smallest absolute Gasteiger partial charge is 0.0945 e. The van der Waals surface area contributed by atoms with Crippen molar-refractivity contribution in [2.45, 2.75) is 19.9 Å². The first-order valence-corrected chi connectivity index (χ1v) is 6.64. The van der Waals surface area contributed by atoms with E-state index in [4.69, 9.17) is 0 Å². The standard InChI is InChI=1S/C15H22N4/c1-13-5-6-14(11-15(13)18(2)3)17-7-4-9-19-10-8-16-12-19/h5-6,8,10-12,17H,4,7,9H2,1-3H3. The van der Waals surface area contributed by atoms with Crippen molar-refractivity contribution in [1.29, 1.82) is 0 Å². The predicted molar refractivity (Wildman–Crippen MR) is 80.8 cm³/mol. The molecule has 0 saturated carbocycles. The molecule has 0 radical (unpaired) electrons. The molecule has 2 rings (SSSR count). The minimum atomic E-state index is 0.966. The first-order valence-electron chi connectivity index (χ1n) is 6.64. The van der Waals surface area contributed by atoms with Crippen LogP contribution >= 0.6 is 0 Å². The van der Waals surface area contributed by atoms with Crippen molar-refractivity contribution in [3.8, 4) is 0 Å². The van der Waals surface area contributed by atoms with Crippen LogP contribution in [0, 0.1) is 6.92 Å². The third-order valence-corrected chi connectivity index (χ3v) is 3.17. The van der Waals surface area contributed by atoms with Gasteiger partial charge in [0.1, 0.15) is 0 Å². The summed E-state index contributed by atoms with van der Waals surface area (Å²) in [7, 11) is 4.15. The van der Waals surface area contributed by atoms with E-state index in [9.17, 15) is 0 Å². The summed E-state index contributed by atoms with van der Waals surface area (Å²) < 4.78 is 2.10. The highest BCUT2D eigenvalue weighted by Crippen LogP contribution is 2.22. The first kappa shape index (κ1) is 13.5. The summed E-state index contributed by atoms with van der Waals surface area (Å²) in [5.41, 5.74) is 3.74. The Morgan fingerprint density at radius 1 is 1.32 bits per heavy atom. The molecule has 2 aromatic rings. The quantitative estimate of drug-likeness (QED) is 0.809. The number of nitrogens with zero attached hydrogens (tertiary/aromatic N) is 3. The van der Waals surface area contributed by atoms with Crippen LogP contribution in [0.25, 0.3) is 0 Å². The third-order valence-electron chi connectivity index (χ3n) is 3.17. The molecule has 102 valence electrons. The number of anilines is 2. The fourth-order valence-corrected chi connectivity index (χ4v) is 2.11. The zero-order valence-corrected chi connectivity index (χ0v) is 11.9. The average Bonchev–Trinajstić information content (AvgIpc) is 2.89. The maximum absolute atomic E-state index is 4.04. The minimum Gasteiger partial charge on any atom is -0.385 e. The van der Waals surface area contributed by atoms with E-state index in [1.165, 1.54) is 16.9 Å². The average molecular weight is 258 g/mol. The Kier molecular flexibility index (Phi) is 4.44. The number of nitrogens with one attached hydrogen (secondary N) is 1. The second-order valence-electron chi connectivity index (χ2n) is 4.98. The summed E-state index contributed by atoms with van der Waals surface area (Å²) in [6.07, 6.45) is 6.75. The molecule has 0 saturated heterocycles. The van der Waals surface area contributed by atoms with E-state index in [0.29, 0.717) is 0 Å². The Bertz CT molecular complexity index is 503. The van der Waals surface area contributed by atoms with Gasteiger partial charge in [0.15, 0.2) is 0 Å². The number of benzene rings is 1. The van der Waals surface area contributed by atoms with Crippen LogP contribution in [0.15, 0.2) is 36.9 Å². The molecule has 4 heteroatoms. The second kappa shape index (κ2) is 6.27. The van der Waals surface area contributed by atoms with Crippen molar-refractivity contribution in [3.05, 3.63) is 42.5 Å². The van der Waals surface area contributed by atoms with Gasteiger partial charge < -0.3 is 14.8 Å². The van der Waals surface area contributed by atoms with Gasteiger partial charge in [0.2, 0.25) is 0 Å². The SMILES string of the molecule is Cc1ccc(NCCCn2ccnc2)cc1N(C)C. The number of aromatic nitrogens is 2. The van der Waals surface area contributed by atoms with Gasteiger partial charge in [0.05, 0.1) is 6.33 Å². The molecule has 1 aromatic carbocycles. The van der Waals surface area contributed by atoms with Crippen molar-refractivity contribution in [2.75, 3.05) is 30.9 Å². The summed E-state index contributed by atoms with van der Waals surface area (Å²) >= 11 is 0. The molecule has 1 N–H and O–H groups in total. The van der Waals surface area contributed by atoms with E-state index >= 15 is 0 Å². The molecule has 0 unspecified atom stereocenters.